The molecule has 0 radical (unpaired) electrons. The standard InChI is InChI=1S/C7H11N2O3P/c1-12-7(10)5-4-6(9-8-5)13(2,3)11/h4H,1-3H3,(H,8,9). The first-order valence-corrected chi connectivity index (χ1v) is 6.24. The van der Waals surface area contributed by atoms with Gasteiger partial charge >= 0.3 is 5.97 Å². The van der Waals surface area contributed by atoms with Crippen molar-refractivity contribution in [2.45, 2.75) is 0 Å². The molecule has 72 valence electrons. The van der Waals surface area contributed by atoms with Crippen LogP contribution < -0.4 is 5.44 Å². The first-order valence-electron chi connectivity index (χ1n) is 3.64. The van der Waals surface area contributed by atoms with E-state index in [4.69, 9.17) is 0 Å². The van der Waals surface area contributed by atoms with E-state index in [0.29, 0.717) is 5.44 Å². The molecule has 0 saturated carbocycles. The number of H-pyrrole nitrogens is 1. The van der Waals surface area contributed by atoms with E-state index in [1.807, 2.05) is 0 Å². The number of carbonyl (C=O) groups is 1. The minimum absolute atomic E-state index is 0.154. The predicted octanol–water partition coefficient (Wildman–Crippen LogP) is 0.444. The number of nitrogens with zero attached hydrogens (tertiary/aromatic N) is 1. The number of carbonyl (C=O) groups excluding carboxylic acids is 1. The van der Waals surface area contributed by atoms with Gasteiger partial charge in [-0.3, -0.25) is 5.10 Å². The number of nitrogens with one attached hydrogen (secondary N) is 1. The molecule has 0 bridgehead atoms. The maximum Gasteiger partial charge on any atom is 0.358 e. The van der Waals surface area contributed by atoms with Gasteiger partial charge in [-0.1, -0.05) is 0 Å². The van der Waals surface area contributed by atoms with Crippen molar-refractivity contribution < 1.29 is 14.1 Å². The second-order valence-corrected chi connectivity index (χ2v) is 6.16. The molecule has 0 spiro atoms. The number of aromatic nitrogens is 2. The lowest BCUT2D eigenvalue weighted by molar-refractivity contribution is 0.0594. The van der Waals surface area contributed by atoms with Crippen LogP contribution in [0, 0.1) is 0 Å². The van der Waals surface area contributed by atoms with Crippen molar-refractivity contribution in [1.82, 2.24) is 10.2 Å². The molecule has 1 aromatic heterocycles. The predicted molar refractivity (Wildman–Crippen MR) is 49.0 cm³/mol. The number of esters is 1. The second-order valence-electron chi connectivity index (χ2n) is 2.98. The molecule has 0 amide bonds. The van der Waals surface area contributed by atoms with Crippen molar-refractivity contribution in [3.8, 4) is 0 Å². The molecule has 0 atom stereocenters. The highest BCUT2D eigenvalue weighted by molar-refractivity contribution is 7.69. The van der Waals surface area contributed by atoms with Crippen molar-refractivity contribution >= 4 is 18.5 Å². The van der Waals surface area contributed by atoms with E-state index in [9.17, 15) is 9.36 Å². The summed E-state index contributed by atoms with van der Waals surface area (Å²) in [5, 5.41) is 6.23. The fraction of sp³-hybridized carbons (Fsp3) is 0.429. The van der Waals surface area contributed by atoms with E-state index in [1.165, 1.54) is 13.2 Å². The summed E-state index contributed by atoms with van der Waals surface area (Å²) >= 11 is 0. The van der Waals surface area contributed by atoms with E-state index in [-0.39, 0.29) is 5.69 Å². The van der Waals surface area contributed by atoms with Gasteiger partial charge in [0.15, 0.2) is 5.69 Å². The van der Waals surface area contributed by atoms with Crippen LogP contribution in [0.15, 0.2) is 6.07 Å². The molecule has 1 N–H and O–H groups in total. The molecular weight excluding hydrogens is 191 g/mol. The number of hydrogen-bond donors (Lipinski definition) is 1. The Labute approximate surface area is 75.9 Å². The van der Waals surface area contributed by atoms with Crippen LogP contribution in [0.1, 0.15) is 10.5 Å². The summed E-state index contributed by atoms with van der Waals surface area (Å²) < 4.78 is 16.0. The Hall–Kier alpha value is -1.09. The van der Waals surface area contributed by atoms with E-state index >= 15 is 0 Å². The number of methoxy groups -OCH3 is 1. The molecule has 1 rings (SSSR count). The second kappa shape index (κ2) is 3.34. The summed E-state index contributed by atoms with van der Waals surface area (Å²) in [4.78, 5) is 11.0. The molecule has 0 aliphatic heterocycles. The number of hydrogen-bond acceptors (Lipinski definition) is 4. The summed E-state index contributed by atoms with van der Waals surface area (Å²) in [6.07, 6.45) is 0. The first-order chi connectivity index (χ1) is 5.95. The minimum atomic E-state index is -2.37. The van der Waals surface area contributed by atoms with Crippen LogP contribution in [0.2, 0.25) is 0 Å². The SMILES string of the molecule is COC(=O)c1cc(P(C)(C)=O)[nH]n1. The van der Waals surface area contributed by atoms with Crippen LogP contribution >= 0.6 is 7.14 Å². The minimum Gasteiger partial charge on any atom is -0.464 e. The Kier molecular flexibility index (Phi) is 2.57. The number of ether oxygens (including phenoxy) is 1. The van der Waals surface area contributed by atoms with Gasteiger partial charge in [0.25, 0.3) is 0 Å². The summed E-state index contributed by atoms with van der Waals surface area (Å²) in [6.45, 7) is 3.20. The lowest BCUT2D eigenvalue weighted by Crippen LogP contribution is -2.03. The van der Waals surface area contributed by atoms with E-state index < -0.39 is 13.1 Å². The monoisotopic (exact) mass is 202 g/mol. The molecule has 6 heteroatoms. The highest BCUT2D eigenvalue weighted by Crippen LogP contribution is 2.33. The quantitative estimate of drug-likeness (QED) is 0.558. The average molecular weight is 202 g/mol. The Morgan fingerprint density at radius 3 is 2.62 bits per heavy atom. The lowest BCUT2D eigenvalue weighted by atomic mass is 10.4. The Morgan fingerprint density at radius 2 is 2.23 bits per heavy atom. The van der Waals surface area contributed by atoms with Gasteiger partial charge in [-0.25, -0.2) is 4.79 Å². The third kappa shape index (κ3) is 2.18. The van der Waals surface area contributed by atoms with Crippen molar-refractivity contribution in [3.63, 3.8) is 0 Å². The number of rotatable bonds is 2. The molecule has 0 aliphatic rings. The maximum atomic E-state index is 11.5. The molecule has 0 saturated heterocycles. The summed E-state index contributed by atoms with van der Waals surface area (Å²) in [5.74, 6) is -0.532. The molecule has 13 heavy (non-hydrogen) atoms. The normalized spacial score (nSPS) is 11.3. The van der Waals surface area contributed by atoms with Gasteiger partial charge < -0.3 is 9.30 Å². The molecular formula is C7H11N2O3P. The van der Waals surface area contributed by atoms with E-state index in [0.717, 1.165) is 0 Å². The van der Waals surface area contributed by atoms with E-state index in [2.05, 4.69) is 14.9 Å². The summed E-state index contributed by atoms with van der Waals surface area (Å²) in [7, 11) is -1.10. The molecule has 5 nitrogen and oxygen atoms in total. The zero-order valence-corrected chi connectivity index (χ0v) is 8.59. The van der Waals surface area contributed by atoms with Gasteiger partial charge in [0.1, 0.15) is 7.14 Å². The van der Waals surface area contributed by atoms with Crippen LogP contribution in [0.25, 0.3) is 0 Å². The van der Waals surface area contributed by atoms with Crippen LogP contribution in [0.5, 0.6) is 0 Å². The molecule has 1 aromatic rings. The lowest BCUT2D eigenvalue weighted by Gasteiger charge is -1.99. The van der Waals surface area contributed by atoms with E-state index in [1.54, 1.807) is 13.3 Å². The van der Waals surface area contributed by atoms with Crippen LogP contribution in [-0.2, 0) is 9.30 Å². The zero-order valence-electron chi connectivity index (χ0n) is 7.70. The van der Waals surface area contributed by atoms with Crippen molar-refractivity contribution in [1.29, 1.82) is 0 Å². The van der Waals surface area contributed by atoms with Gasteiger partial charge in [0, 0.05) is 6.07 Å². The Balaban J connectivity index is 3.00. The fourth-order valence-corrected chi connectivity index (χ4v) is 1.52. The Bertz CT molecular complexity index is 366. The highest BCUT2D eigenvalue weighted by Gasteiger charge is 2.17. The van der Waals surface area contributed by atoms with Gasteiger partial charge in [0.05, 0.1) is 12.5 Å². The zero-order chi connectivity index (χ0) is 10.1. The molecule has 0 unspecified atom stereocenters. The van der Waals surface area contributed by atoms with Gasteiger partial charge in [0.2, 0.25) is 0 Å². The Morgan fingerprint density at radius 1 is 1.62 bits per heavy atom. The maximum absolute atomic E-state index is 11.5. The summed E-state index contributed by atoms with van der Waals surface area (Å²) in [6, 6.07) is 1.45. The van der Waals surface area contributed by atoms with Gasteiger partial charge in [-0.2, -0.15) is 5.10 Å². The van der Waals surface area contributed by atoms with Gasteiger partial charge in [-0.15, -0.1) is 0 Å². The highest BCUT2D eigenvalue weighted by atomic mass is 31.2. The van der Waals surface area contributed by atoms with Gasteiger partial charge in [-0.05, 0) is 13.3 Å². The molecule has 0 aliphatic carbocycles. The third-order valence-corrected chi connectivity index (χ3v) is 2.93. The summed E-state index contributed by atoms with van der Waals surface area (Å²) in [5.41, 5.74) is 0.634. The third-order valence-electron chi connectivity index (χ3n) is 1.54. The molecule has 1 heterocycles. The largest absolute Gasteiger partial charge is 0.464 e. The smallest absolute Gasteiger partial charge is 0.358 e. The van der Waals surface area contributed by atoms with Crippen molar-refractivity contribution in [3.05, 3.63) is 11.8 Å². The van der Waals surface area contributed by atoms with Crippen LogP contribution in [0.4, 0.5) is 0 Å². The number of aromatic amines is 1. The van der Waals surface area contributed by atoms with Crippen LogP contribution in [-0.4, -0.2) is 36.6 Å². The van der Waals surface area contributed by atoms with Crippen molar-refractivity contribution in [2.75, 3.05) is 20.4 Å². The fourth-order valence-electron chi connectivity index (χ4n) is 0.797. The van der Waals surface area contributed by atoms with Crippen LogP contribution in [0.3, 0.4) is 0 Å². The molecule has 0 fully saturated rings. The van der Waals surface area contributed by atoms with Crippen molar-refractivity contribution in [2.24, 2.45) is 0 Å². The first kappa shape index (κ1) is 9.99. The molecule has 0 aromatic carbocycles. The topological polar surface area (TPSA) is 72.1 Å². The average Bonchev–Trinajstić information content (AvgIpc) is 2.50.